The van der Waals surface area contributed by atoms with Crippen molar-refractivity contribution in [2.75, 3.05) is 10.6 Å². The van der Waals surface area contributed by atoms with E-state index in [1.165, 1.54) is 6.42 Å². The molecule has 0 aliphatic heterocycles. The summed E-state index contributed by atoms with van der Waals surface area (Å²) in [6, 6.07) is 12.5. The van der Waals surface area contributed by atoms with E-state index in [1.807, 2.05) is 26.0 Å². The molecule has 0 saturated heterocycles. The lowest BCUT2D eigenvalue weighted by atomic mass is 9.88. The summed E-state index contributed by atoms with van der Waals surface area (Å²) in [6.07, 6.45) is 5.40. The number of hydrogen-bond acceptors (Lipinski definition) is 3. The smallest absolute Gasteiger partial charge is 0.255 e. The summed E-state index contributed by atoms with van der Waals surface area (Å²) in [7, 11) is 0. The fourth-order valence-corrected chi connectivity index (χ4v) is 3.95. The maximum atomic E-state index is 12.6. The molecule has 0 bridgehead atoms. The molecule has 6 heteroatoms. The van der Waals surface area contributed by atoms with Gasteiger partial charge >= 0.3 is 0 Å². The van der Waals surface area contributed by atoms with Crippen LogP contribution in [0.3, 0.4) is 0 Å². The Hall–Kier alpha value is -2.34. The van der Waals surface area contributed by atoms with Crippen molar-refractivity contribution < 1.29 is 14.3 Å². The predicted molar refractivity (Wildman–Crippen MR) is 120 cm³/mol. The van der Waals surface area contributed by atoms with Gasteiger partial charge in [0.25, 0.3) is 5.91 Å². The molecule has 0 heterocycles. The van der Waals surface area contributed by atoms with E-state index < -0.39 is 0 Å². The largest absolute Gasteiger partial charge is 0.490 e. The van der Waals surface area contributed by atoms with Crippen molar-refractivity contribution in [2.45, 2.75) is 52.1 Å². The standard InChI is InChI=1S/C23H27BrN2O3/c1-15(2)29-21-12-11-17(13-20(21)24)23(28)26-19-10-6-9-18(14-19)25-22(27)16-7-4-3-5-8-16/h6,9-16H,3-5,7-8H2,1-2H3,(H,25,27)(H,26,28). The van der Waals surface area contributed by atoms with Crippen molar-refractivity contribution in [1.82, 2.24) is 0 Å². The van der Waals surface area contributed by atoms with Crippen LogP contribution in [0, 0.1) is 5.92 Å². The molecule has 1 saturated carbocycles. The molecule has 0 spiro atoms. The van der Waals surface area contributed by atoms with E-state index in [-0.39, 0.29) is 23.8 Å². The van der Waals surface area contributed by atoms with Crippen LogP contribution in [0.1, 0.15) is 56.3 Å². The summed E-state index contributed by atoms with van der Waals surface area (Å²) >= 11 is 3.45. The molecule has 0 aromatic heterocycles. The summed E-state index contributed by atoms with van der Waals surface area (Å²) in [6.45, 7) is 3.90. The maximum Gasteiger partial charge on any atom is 0.255 e. The minimum Gasteiger partial charge on any atom is -0.490 e. The highest BCUT2D eigenvalue weighted by atomic mass is 79.9. The first kappa shape index (κ1) is 21.4. The first-order valence-corrected chi connectivity index (χ1v) is 10.9. The molecule has 2 aromatic rings. The maximum absolute atomic E-state index is 12.6. The molecule has 3 rings (SSSR count). The molecule has 2 aromatic carbocycles. The van der Waals surface area contributed by atoms with E-state index in [9.17, 15) is 9.59 Å². The number of anilines is 2. The van der Waals surface area contributed by atoms with Gasteiger partial charge in [0.15, 0.2) is 0 Å². The lowest BCUT2D eigenvalue weighted by molar-refractivity contribution is -0.120. The number of benzene rings is 2. The van der Waals surface area contributed by atoms with Gasteiger partial charge in [-0.2, -0.15) is 0 Å². The van der Waals surface area contributed by atoms with Crippen molar-refractivity contribution in [2.24, 2.45) is 5.92 Å². The molecule has 5 nitrogen and oxygen atoms in total. The van der Waals surface area contributed by atoms with E-state index >= 15 is 0 Å². The van der Waals surface area contributed by atoms with Gasteiger partial charge in [-0.05, 0) is 79.0 Å². The monoisotopic (exact) mass is 458 g/mol. The highest BCUT2D eigenvalue weighted by Crippen LogP contribution is 2.28. The van der Waals surface area contributed by atoms with Gasteiger partial charge in [-0.15, -0.1) is 0 Å². The predicted octanol–water partition coefficient (Wildman–Crippen LogP) is 6.01. The van der Waals surface area contributed by atoms with E-state index in [4.69, 9.17) is 4.74 Å². The van der Waals surface area contributed by atoms with Gasteiger partial charge in [0.1, 0.15) is 5.75 Å². The molecule has 2 amide bonds. The molecular formula is C23H27BrN2O3. The molecule has 0 unspecified atom stereocenters. The Labute approximate surface area is 180 Å². The lowest BCUT2D eigenvalue weighted by Gasteiger charge is -2.20. The second-order valence-electron chi connectivity index (χ2n) is 7.67. The van der Waals surface area contributed by atoms with Crippen LogP contribution in [0.5, 0.6) is 5.75 Å². The van der Waals surface area contributed by atoms with Gasteiger partial charge in [0.05, 0.1) is 10.6 Å². The minimum absolute atomic E-state index is 0.0533. The molecule has 0 atom stereocenters. The fraction of sp³-hybridized carbons (Fsp3) is 0.391. The average Bonchev–Trinajstić information content (AvgIpc) is 2.70. The van der Waals surface area contributed by atoms with Crippen LogP contribution in [0.4, 0.5) is 11.4 Å². The SMILES string of the molecule is CC(C)Oc1ccc(C(=O)Nc2cccc(NC(=O)C3CCCCC3)c2)cc1Br. The first-order valence-electron chi connectivity index (χ1n) is 10.1. The van der Waals surface area contributed by atoms with Gasteiger partial charge in [0.2, 0.25) is 5.91 Å². The zero-order valence-electron chi connectivity index (χ0n) is 16.8. The third kappa shape index (κ3) is 6.07. The zero-order chi connectivity index (χ0) is 20.8. The number of carbonyl (C=O) groups is 2. The van der Waals surface area contributed by atoms with E-state index in [0.29, 0.717) is 22.7 Å². The number of amides is 2. The third-order valence-electron chi connectivity index (χ3n) is 4.92. The summed E-state index contributed by atoms with van der Waals surface area (Å²) in [4.78, 5) is 25.1. The molecule has 154 valence electrons. The molecule has 1 aliphatic rings. The Morgan fingerprint density at radius 1 is 1.00 bits per heavy atom. The third-order valence-corrected chi connectivity index (χ3v) is 5.54. The Morgan fingerprint density at radius 2 is 1.69 bits per heavy atom. The van der Waals surface area contributed by atoms with Crippen LogP contribution in [0.15, 0.2) is 46.9 Å². The van der Waals surface area contributed by atoms with Crippen molar-refractivity contribution in [3.63, 3.8) is 0 Å². The molecule has 1 fully saturated rings. The highest BCUT2D eigenvalue weighted by Gasteiger charge is 2.21. The zero-order valence-corrected chi connectivity index (χ0v) is 18.4. The molecule has 29 heavy (non-hydrogen) atoms. The second kappa shape index (κ2) is 9.92. The minimum atomic E-state index is -0.224. The number of halogens is 1. The number of rotatable bonds is 6. The Morgan fingerprint density at radius 3 is 2.34 bits per heavy atom. The lowest BCUT2D eigenvalue weighted by Crippen LogP contribution is -2.24. The van der Waals surface area contributed by atoms with Crippen molar-refractivity contribution >= 4 is 39.1 Å². The van der Waals surface area contributed by atoms with Crippen LogP contribution >= 0.6 is 15.9 Å². The van der Waals surface area contributed by atoms with Gasteiger partial charge in [-0.1, -0.05) is 25.3 Å². The quantitative estimate of drug-likeness (QED) is 0.556. The summed E-state index contributed by atoms with van der Waals surface area (Å²) in [5.74, 6) is 0.630. The normalized spacial score (nSPS) is 14.5. The molecule has 1 aliphatic carbocycles. The van der Waals surface area contributed by atoms with E-state index in [0.717, 1.165) is 30.2 Å². The Kier molecular flexibility index (Phi) is 7.31. The number of carbonyl (C=O) groups excluding carboxylic acids is 2. The van der Waals surface area contributed by atoms with Crippen LogP contribution in [0.2, 0.25) is 0 Å². The van der Waals surface area contributed by atoms with E-state index in [2.05, 4.69) is 26.6 Å². The van der Waals surface area contributed by atoms with Crippen LogP contribution in [-0.4, -0.2) is 17.9 Å². The molecule has 2 N–H and O–H groups in total. The highest BCUT2D eigenvalue weighted by molar-refractivity contribution is 9.10. The summed E-state index contributed by atoms with van der Waals surface area (Å²) < 4.78 is 6.41. The summed E-state index contributed by atoms with van der Waals surface area (Å²) in [5, 5.41) is 5.87. The number of ether oxygens (including phenoxy) is 1. The van der Waals surface area contributed by atoms with Crippen LogP contribution in [-0.2, 0) is 4.79 Å². The summed E-state index contributed by atoms with van der Waals surface area (Å²) in [5.41, 5.74) is 1.85. The number of nitrogens with one attached hydrogen (secondary N) is 2. The van der Waals surface area contributed by atoms with Crippen molar-refractivity contribution in [3.05, 3.63) is 52.5 Å². The molecule has 0 radical (unpaired) electrons. The van der Waals surface area contributed by atoms with Crippen LogP contribution in [0.25, 0.3) is 0 Å². The Bertz CT molecular complexity index is 876. The first-order chi connectivity index (χ1) is 13.9. The van der Waals surface area contributed by atoms with Crippen molar-refractivity contribution in [1.29, 1.82) is 0 Å². The van der Waals surface area contributed by atoms with Crippen molar-refractivity contribution in [3.8, 4) is 5.75 Å². The van der Waals surface area contributed by atoms with Gasteiger partial charge in [0, 0.05) is 22.9 Å². The van der Waals surface area contributed by atoms with Gasteiger partial charge in [-0.25, -0.2) is 0 Å². The number of hydrogen-bond donors (Lipinski definition) is 2. The average molecular weight is 459 g/mol. The topological polar surface area (TPSA) is 67.4 Å². The second-order valence-corrected chi connectivity index (χ2v) is 8.53. The van der Waals surface area contributed by atoms with Gasteiger partial charge < -0.3 is 15.4 Å². The Balaban J connectivity index is 1.64. The van der Waals surface area contributed by atoms with Gasteiger partial charge in [-0.3, -0.25) is 9.59 Å². The molecular weight excluding hydrogens is 432 g/mol. The van der Waals surface area contributed by atoms with E-state index in [1.54, 1.807) is 30.3 Å². The van der Waals surface area contributed by atoms with Crippen LogP contribution < -0.4 is 15.4 Å². The fourth-order valence-electron chi connectivity index (χ4n) is 3.48.